The van der Waals surface area contributed by atoms with Crippen molar-refractivity contribution in [3.05, 3.63) is 63.8 Å². The maximum absolute atomic E-state index is 11.8. The van der Waals surface area contributed by atoms with Gasteiger partial charge in [-0.15, -0.1) is 0 Å². The van der Waals surface area contributed by atoms with E-state index in [0.717, 1.165) is 46.3 Å². The highest BCUT2D eigenvalue weighted by atomic mass is 35.5. The molecule has 0 bridgehead atoms. The third-order valence-corrected chi connectivity index (χ3v) is 7.73. The Hall–Kier alpha value is -2.37. The number of hydrogen-bond acceptors (Lipinski definition) is 3. The van der Waals surface area contributed by atoms with Crippen molar-refractivity contribution in [3.8, 4) is 5.75 Å². The SMILES string of the molecule is CCCCCCOc1cc(Cl)c2c(c1)c1c(n2C(=S)c2ccc(C(C)C)cc2)CCC(C(=O)O)C1. The average Bonchev–Trinajstić information content (AvgIpc) is 3.17. The van der Waals surface area contributed by atoms with Crippen LogP contribution in [0.25, 0.3) is 10.9 Å². The van der Waals surface area contributed by atoms with Crippen molar-refractivity contribution in [2.75, 3.05) is 6.61 Å². The molecule has 1 heterocycles. The van der Waals surface area contributed by atoms with Gasteiger partial charge in [-0.3, -0.25) is 4.79 Å². The summed E-state index contributed by atoms with van der Waals surface area (Å²) in [4.78, 5) is 12.5. The number of halogens is 1. The lowest BCUT2D eigenvalue weighted by Gasteiger charge is -2.21. The van der Waals surface area contributed by atoms with E-state index < -0.39 is 11.9 Å². The van der Waals surface area contributed by atoms with Gasteiger partial charge in [-0.25, -0.2) is 0 Å². The van der Waals surface area contributed by atoms with Gasteiger partial charge >= 0.3 is 5.97 Å². The van der Waals surface area contributed by atoms with Gasteiger partial charge in [0.1, 0.15) is 10.7 Å². The highest BCUT2D eigenvalue weighted by molar-refractivity contribution is 7.80. The average molecular weight is 512 g/mol. The summed E-state index contributed by atoms with van der Waals surface area (Å²) < 4.78 is 8.13. The second-order valence-electron chi connectivity index (χ2n) is 9.83. The van der Waals surface area contributed by atoms with E-state index in [0.29, 0.717) is 41.8 Å². The predicted molar refractivity (Wildman–Crippen MR) is 147 cm³/mol. The molecule has 4 nitrogen and oxygen atoms in total. The summed E-state index contributed by atoms with van der Waals surface area (Å²) in [6.45, 7) is 7.18. The Morgan fingerprint density at radius 2 is 1.94 bits per heavy atom. The summed E-state index contributed by atoms with van der Waals surface area (Å²) in [7, 11) is 0. The third-order valence-electron chi connectivity index (χ3n) is 7.03. The van der Waals surface area contributed by atoms with E-state index in [1.165, 1.54) is 18.4 Å². The van der Waals surface area contributed by atoms with Crippen molar-refractivity contribution in [2.24, 2.45) is 5.92 Å². The summed E-state index contributed by atoms with van der Waals surface area (Å²) in [5.74, 6) is 0.0137. The lowest BCUT2D eigenvalue weighted by Crippen LogP contribution is -2.24. The lowest BCUT2D eigenvalue weighted by atomic mass is 9.86. The Kier molecular flexibility index (Phi) is 8.18. The number of carboxylic acids is 1. The van der Waals surface area contributed by atoms with Crippen LogP contribution in [0.1, 0.15) is 81.2 Å². The Labute approximate surface area is 218 Å². The second kappa shape index (κ2) is 11.1. The van der Waals surface area contributed by atoms with Gasteiger partial charge in [-0.1, -0.05) is 88.1 Å². The molecule has 0 fully saturated rings. The molecule has 1 unspecified atom stereocenters. The molecular formula is C29H34ClNO3S. The fraction of sp³-hybridized carbons (Fsp3) is 0.448. The molecule has 3 aromatic rings. The van der Waals surface area contributed by atoms with E-state index in [1.807, 2.05) is 12.1 Å². The van der Waals surface area contributed by atoms with Gasteiger partial charge in [-0.2, -0.15) is 0 Å². The van der Waals surface area contributed by atoms with Crippen molar-refractivity contribution >= 4 is 45.7 Å². The van der Waals surface area contributed by atoms with Crippen molar-refractivity contribution in [1.29, 1.82) is 0 Å². The molecule has 1 atom stereocenters. The van der Waals surface area contributed by atoms with Crippen molar-refractivity contribution in [3.63, 3.8) is 0 Å². The summed E-state index contributed by atoms with van der Waals surface area (Å²) in [6, 6.07) is 12.3. The Morgan fingerprint density at radius 3 is 2.60 bits per heavy atom. The molecule has 0 radical (unpaired) electrons. The van der Waals surface area contributed by atoms with Crippen LogP contribution in [0.3, 0.4) is 0 Å². The molecule has 1 N–H and O–H groups in total. The molecule has 4 rings (SSSR count). The van der Waals surface area contributed by atoms with Gasteiger partial charge in [0.25, 0.3) is 0 Å². The fourth-order valence-electron chi connectivity index (χ4n) is 4.98. The molecule has 0 saturated carbocycles. The molecule has 0 aliphatic heterocycles. The number of thiocarbonyl (C=S) groups is 1. The van der Waals surface area contributed by atoms with Crippen molar-refractivity contribution in [2.45, 2.75) is 71.6 Å². The van der Waals surface area contributed by atoms with E-state index in [2.05, 4.69) is 49.6 Å². The summed E-state index contributed by atoms with van der Waals surface area (Å²) in [6.07, 6.45) is 6.23. The Balaban J connectivity index is 1.77. The van der Waals surface area contributed by atoms with Gasteiger partial charge in [0.05, 0.1) is 23.1 Å². The first-order chi connectivity index (χ1) is 16.8. The zero-order valence-electron chi connectivity index (χ0n) is 20.8. The molecule has 0 spiro atoms. The minimum atomic E-state index is -0.752. The zero-order chi connectivity index (χ0) is 25.1. The highest BCUT2D eigenvalue weighted by Gasteiger charge is 2.31. The molecule has 0 saturated heterocycles. The van der Waals surface area contributed by atoms with Crippen LogP contribution in [-0.2, 0) is 17.6 Å². The normalized spacial score (nSPS) is 15.4. The minimum absolute atomic E-state index is 0.405. The molecule has 35 heavy (non-hydrogen) atoms. The topological polar surface area (TPSA) is 51.5 Å². The second-order valence-corrected chi connectivity index (χ2v) is 10.6. The number of carbonyl (C=O) groups is 1. The number of fused-ring (bicyclic) bond motifs is 3. The fourth-order valence-corrected chi connectivity index (χ4v) is 5.61. The van der Waals surface area contributed by atoms with Crippen LogP contribution in [0.15, 0.2) is 36.4 Å². The third kappa shape index (κ3) is 5.41. The molecule has 1 aliphatic carbocycles. The van der Waals surface area contributed by atoms with Crippen molar-refractivity contribution < 1.29 is 14.6 Å². The van der Waals surface area contributed by atoms with Gasteiger partial charge < -0.3 is 14.4 Å². The molecule has 186 valence electrons. The van der Waals surface area contributed by atoms with E-state index in [-0.39, 0.29) is 0 Å². The number of ether oxygens (including phenoxy) is 1. The number of benzene rings is 2. The standard InChI is InChI=1S/C29H34ClNO3S/c1-4-5-6-7-14-34-22-16-24-23-15-21(29(32)33)12-13-26(23)31(27(24)25(30)17-22)28(35)20-10-8-19(9-11-20)18(2)3/h8-11,16-18,21H,4-7,12-15H2,1-3H3,(H,32,33). The number of carboxylic acid groups (broad SMARTS) is 1. The van der Waals surface area contributed by atoms with E-state index >= 15 is 0 Å². The predicted octanol–water partition coefficient (Wildman–Crippen LogP) is 7.79. The minimum Gasteiger partial charge on any atom is -0.494 e. The van der Waals surface area contributed by atoms with Crippen LogP contribution in [0.5, 0.6) is 5.75 Å². The molecule has 0 amide bonds. The number of nitrogens with zero attached hydrogens (tertiary/aromatic N) is 1. The van der Waals surface area contributed by atoms with Crippen LogP contribution in [-0.4, -0.2) is 27.2 Å². The van der Waals surface area contributed by atoms with Gasteiger partial charge in [0.15, 0.2) is 0 Å². The number of unbranched alkanes of at least 4 members (excludes halogenated alkanes) is 3. The van der Waals surface area contributed by atoms with Gasteiger partial charge in [-0.05, 0) is 48.8 Å². The van der Waals surface area contributed by atoms with Crippen LogP contribution in [0, 0.1) is 5.92 Å². The van der Waals surface area contributed by atoms with Crippen LogP contribution < -0.4 is 4.74 Å². The summed E-state index contributed by atoms with van der Waals surface area (Å²) in [5, 5.41) is 11.2. The van der Waals surface area contributed by atoms with Crippen LogP contribution in [0.2, 0.25) is 5.02 Å². The number of aromatic nitrogens is 1. The first-order valence-corrected chi connectivity index (χ1v) is 13.5. The van der Waals surface area contributed by atoms with Gasteiger partial charge in [0.2, 0.25) is 0 Å². The molecule has 1 aromatic heterocycles. The first-order valence-electron chi connectivity index (χ1n) is 12.7. The number of aliphatic carboxylic acids is 1. The monoisotopic (exact) mass is 511 g/mol. The summed E-state index contributed by atoms with van der Waals surface area (Å²) in [5.41, 5.74) is 5.16. The van der Waals surface area contributed by atoms with Crippen LogP contribution in [0.4, 0.5) is 0 Å². The number of rotatable bonds is 9. The Bertz CT molecular complexity index is 1230. The van der Waals surface area contributed by atoms with Crippen LogP contribution >= 0.6 is 23.8 Å². The van der Waals surface area contributed by atoms with E-state index in [1.54, 1.807) is 0 Å². The smallest absolute Gasteiger partial charge is 0.306 e. The molecule has 1 aliphatic rings. The Morgan fingerprint density at radius 1 is 1.20 bits per heavy atom. The molecule has 2 aromatic carbocycles. The highest BCUT2D eigenvalue weighted by Crippen LogP contribution is 2.40. The lowest BCUT2D eigenvalue weighted by molar-refractivity contribution is -0.142. The van der Waals surface area contributed by atoms with Crippen molar-refractivity contribution in [1.82, 2.24) is 4.57 Å². The first kappa shape index (κ1) is 25.7. The molecular weight excluding hydrogens is 478 g/mol. The zero-order valence-corrected chi connectivity index (χ0v) is 22.3. The quantitative estimate of drug-likeness (QED) is 0.235. The van der Waals surface area contributed by atoms with Gasteiger partial charge in [0, 0.05) is 22.7 Å². The largest absolute Gasteiger partial charge is 0.494 e. The molecule has 6 heteroatoms. The van der Waals surface area contributed by atoms with E-state index in [9.17, 15) is 9.90 Å². The maximum Gasteiger partial charge on any atom is 0.306 e. The van der Waals surface area contributed by atoms with E-state index in [4.69, 9.17) is 28.6 Å². The number of hydrogen-bond donors (Lipinski definition) is 1. The maximum atomic E-state index is 11.8. The summed E-state index contributed by atoms with van der Waals surface area (Å²) >= 11 is 12.9.